The molecule has 100 valence electrons. The molecule has 6 nitrogen and oxygen atoms in total. The summed E-state index contributed by atoms with van der Waals surface area (Å²) in [6.07, 6.45) is 0.544. The topological polar surface area (TPSA) is 84.3 Å². The van der Waals surface area contributed by atoms with Crippen molar-refractivity contribution < 1.29 is 14.6 Å². The van der Waals surface area contributed by atoms with Crippen molar-refractivity contribution in [2.75, 3.05) is 18.5 Å². The first kappa shape index (κ1) is 14.2. The lowest BCUT2D eigenvalue weighted by Gasteiger charge is -2.10. The molecule has 1 aromatic heterocycles. The van der Waals surface area contributed by atoms with Gasteiger partial charge in [0.15, 0.2) is 0 Å². The summed E-state index contributed by atoms with van der Waals surface area (Å²) in [6, 6.07) is 1.71. The minimum atomic E-state index is -0.786. The van der Waals surface area contributed by atoms with Crippen LogP contribution in [0.2, 0.25) is 0 Å². The standard InChI is InChI=1S/C12H19N3O3/c1-4-18-11-7-10(14-9(3)15-11)13-6-5-8(2)12(16)17/h7-8H,4-6H2,1-3H3,(H,16,17)(H,13,14,15). The van der Waals surface area contributed by atoms with E-state index in [1.807, 2.05) is 6.92 Å². The second kappa shape index (κ2) is 6.78. The molecule has 0 radical (unpaired) electrons. The van der Waals surface area contributed by atoms with E-state index in [0.29, 0.717) is 37.1 Å². The average Bonchev–Trinajstić information content (AvgIpc) is 2.28. The normalized spacial score (nSPS) is 11.9. The highest BCUT2D eigenvalue weighted by Gasteiger charge is 2.10. The number of carboxylic acid groups (broad SMARTS) is 1. The largest absolute Gasteiger partial charge is 0.481 e. The van der Waals surface area contributed by atoms with E-state index in [4.69, 9.17) is 9.84 Å². The molecule has 1 rings (SSSR count). The lowest BCUT2D eigenvalue weighted by atomic mass is 10.1. The van der Waals surface area contributed by atoms with Gasteiger partial charge in [0.1, 0.15) is 11.6 Å². The van der Waals surface area contributed by atoms with Gasteiger partial charge < -0.3 is 15.2 Å². The van der Waals surface area contributed by atoms with Gasteiger partial charge in [0.05, 0.1) is 12.5 Å². The van der Waals surface area contributed by atoms with Crippen LogP contribution in [0.4, 0.5) is 5.82 Å². The molecule has 0 saturated carbocycles. The summed E-state index contributed by atoms with van der Waals surface area (Å²) in [5.41, 5.74) is 0. The van der Waals surface area contributed by atoms with Crippen LogP contribution in [-0.2, 0) is 4.79 Å². The third-order valence-electron chi connectivity index (χ3n) is 2.41. The lowest BCUT2D eigenvalue weighted by Crippen LogP contribution is -2.15. The predicted molar refractivity (Wildman–Crippen MR) is 67.8 cm³/mol. The van der Waals surface area contributed by atoms with Crippen molar-refractivity contribution in [3.8, 4) is 5.88 Å². The SMILES string of the molecule is CCOc1cc(NCCC(C)C(=O)O)nc(C)n1. The Morgan fingerprint density at radius 3 is 2.89 bits per heavy atom. The molecular formula is C12H19N3O3. The third kappa shape index (κ3) is 4.57. The van der Waals surface area contributed by atoms with Crippen LogP contribution >= 0.6 is 0 Å². The smallest absolute Gasteiger partial charge is 0.306 e. The van der Waals surface area contributed by atoms with E-state index in [9.17, 15) is 4.79 Å². The summed E-state index contributed by atoms with van der Waals surface area (Å²) in [7, 11) is 0. The van der Waals surface area contributed by atoms with Gasteiger partial charge in [0.25, 0.3) is 0 Å². The first-order chi connectivity index (χ1) is 8.52. The molecule has 0 bridgehead atoms. The predicted octanol–water partition coefficient (Wildman–Crippen LogP) is 1.71. The first-order valence-corrected chi connectivity index (χ1v) is 5.98. The van der Waals surface area contributed by atoms with E-state index in [0.717, 1.165) is 0 Å². The second-order valence-corrected chi connectivity index (χ2v) is 4.03. The summed E-state index contributed by atoms with van der Waals surface area (Å²) in [5, 5.41) is 11.8. The van der Waals surface area contributed by atoms with Gasteiger partial charge in [-0.3, -0.25) is 4.79 Å². The minimum Gasteiger partial charge on any atom is -0.481 e. The van der Waals surface area contributed by atoms with Crippen LogP contribution in [-0.4, -0.2) is 34.2 Å². The Morgan fingerprint density at radius 2 is 2.28 bits per heavy atom. The van der Waals surface area contributed by atoms with Crippen LogP contribution in [0.1, 0.15) is 26.1 Å². The summed E-state index contributed by atoms with van der Waals surface area (Å²) >= 11 is 0. The Kier molecular flexibility index (Phi) is 5.35. The van der Waals surface area contributed by atoms with E-state index >= 15 is 0 Å². The van der Waals surface area contributed by atoms with Crippen LogP contribution in [0.3, 0.4) is 0 Å². The number of aromatic nitrogens is 2. The number of hydrogen-bond acceptors (Lipinski definition) is 5. The molecule has 0 amide bonds. The quantitative estimate of drug-likeness (QED) is 0.769. The fourth-order valence-corrected chi connectivity index (χ4v) is 1.39. The Morgan fingerprint density at radius 1 is 1.56 bits per heavy atom. The molecule has 2 N–H and O–H groups in total. The number of ether oxygens (including phenoxy) is 1. The number of aryl methyl sites for hydroxylation is 1. The van der Waals surface area contributed by atoms with Crippen LogP contribution in [0.15, 0.2) is 6.07 Å². The van der Waals surface area contributed by atoms with Crippen LogP contribution in [0.5, 0.6) is 5.88 Å². The zero-order valence-electron chi connectivity index (χ0n) is 10.9. The van der Waals surface area contributed by atoms with Gasteiger partial charge in [-0.1, -0.05) is 6.92 Å². The zero-order valence-corrected chi connectivity index (χ0v) is 10.9. The number of carboxylic acids is 1. The van der Waals surface area contributed by atoms with Crippen molar-refractivity contribution in [1.82, 2.24) is 9.97 Å². The fourth-order valence-electron chi connectivity index (χ4n) is 1.39. The Balaban J connectivity index is 2.53. The van der Waals surface area contributed by atoms with Gasteiger partial charge in [-0.25, -0.2) is 4.98 Å². The van der Waals surface area contributed by atoms with Crippen LogP contribution in [0, 0.1) is 12.8 Å². The zero-order chi connectivity index (χ0) is 13.5. The number of nitrogens with one attached hydrogen (secondary N) is 1. The van der Waals surface area contributed by atoms with E-state index in [1.54, 1.807) is 19.9 Å². The Labute approximate surface area is 106 Å². The molecule has 1 unspecified atom stereocenters. The third-order valence-corrected chi connectivity index (χ3v) is 2.41. The summed E-state index contributed by atoms with van der Waals surface area (Å²) in [6.45, 7) is 6.45. The van der Waals surface area contributed by atoms with Crippen molar-refractivity contribution in [3.05, 3.63) is 11.9 Å². The van der Waals surface area contributed by atoms with E-state index in [2.05, 4.69) is 15.3 Å². The second-order valence-electron chi connectivity index (χ2n) is 4.03. The summed E-state index contributed by atoms with van der Waals surface area (Å²) < 4.78 is 5.31. The molecule has 0 aliphatic carbocycles. The highest BCUT2D eigenvalue weighted by atomic mass is 16.5. The lowest BCUT2D eigenvalue weighted by molar-refractivity contribution is -0.141. The van der Waals surface area contributed by atoms with Gasteiger partial charge in [-0.15, -0.1) is 0 Å². The Hall–Kier alpha value is -1.85. The van der Waals surface area contributed by atoms with Crippen molar-refractivity contribution >= 4 is 11.8 Å². The molecular weight excluding hydrogens is 234 g/mol. The van der Waals surface area contributed by atoms with E-state index < -0.39 is 5.97 Å². The number of carbonyl (C=O) groups is 1. The van der Waals surface area contributed by atoms with Crippen molar-refractivity contribution in [1.29, 1.82) is 0 Å². The molecule has 0 saturated heterocycles. The number of rotatable bonds is 7. The molecule has 18 heavy (non-hydrogen) atoms. The minimum absolute atomic E-state index is 0.369. The number of nitrogens with zero attached hydrogens (tertiary/aromatic N) is 2. The van der Waals surface area contributed by atoms with Crippen molar-refractivity contribution in [2.24, 2.45) is 5.92 Å². The van der Waals surface area contributed by atoms with Gasteiger partial charge in [-0.05, 0) is 20.3 Å². The molecule has 0 fully saturated rings. The van der Waals surface area contributed by atoms with E-state index in [1.165, 1.54) is 0 Å². The molecule has 0 aliphatic rings. The summed E-state index contributed by atoms with van der Waals surface area (Å²) in [4.78, 5) is 19.0. The molecule has 6 heteroatoms. The molecule has 1 aromatic rings. The van der Waals surface area contributed by atoms with Crippen LogP contribution in [0.25, 0.3) is 0 Å². The number of anilines is 1. The first-order valence-electron chi connectivity index (χ1n) is 5.98. The average molecular weight is 253 g/mol. The van der Waals surface area contributed by atoms with Gasteiger partial charge in [-0.2, -0.15) is 4.98 Å². The summed E-state index contributed by atoms with van der Waals surface area (Å²) in [5.74, 6) is 0.648. The van der Waals surface area contributed by atoms with Crippen molar-refractivity contribution in [2.45, 2.75) is 27.2 Å². The van der Waals surface area contributed by atoms with Gasteiger partial charge in [0, 0.05) is 12.6 Å². The maximum Gasteiger partial charge on any atom is 0.306 e. The number of hydrogen-bond donors (Lipinski definition) is 2. The van der Waals surface area contributed by atoms with Crippen LogP contribution < -0.4 is 10.1 Å². The fraction of sp³-hybridized carbons (Fsp3) is 0.583. The number of aliphatic carboxylic acids is 1. The monoisotopic (exact) mass is 253 g/mol. The highest BCUT2D eigenvalue weighted by Crippen LogP contribution is 2.13. The maximum absolute atomic E-state index is 10.7. The van der Waals surface area contributed by atoms with E-state index in [-0.39, 0.29) is 5.92 Å². The molecule has 1 heterocycles. The van der Waals surface area contributed by atoms with Gasteiger partial charge >= 0.3 is 5.97 Å². The highest BCUT2D eigenvalue weighted by molar-refractivity contribution is 5.69. The molecule has 0 aromatic carbocycles. The van der Waals surface area contributed by atoms with Crippen molar-refractivity contribution in [3.63, 3.8) is 0 Å². The molecule has 0 aliphatic heterocycles. The Bertz CT molecular complexity index is 410. The van der Waals surface area contributed by atoms with Gasteiger partial charge in [0.2, 0.25) is 5.88 Å². The molecule has 1 atom stereocenters. The molecule has 0 spiro atoms. The maximum atomic E-state index is 10.7.